The van der Waals surface area contributed by atoms with Crippen molar-refractivity contribution in [1.82, 2.24) is 5.32 Å². The van der Waals surface area contributed by atoms with Gasteiger partial charge in [0.15, 0.2) is 0 Å². The molecule has 0 aliphatic heterocycles. The van der Waals surface area contributed by atoms with Crippen molar-refractivity contribution in [3.8, 4) is 0 Å². The summed E-state index contributed by atoms with van der Waals surface area (Å²) in [6.45, 7) is 13.8. The van der Waals surface area contributed by atoms with E-state index in [0.717, 1.165) is 5.56 Å². The van der Waals surface area contributed by atoms with Gasteiger partial charge in [-0.2, -0.15) is 0 Å². The molecule has 184 valence electrons. The quantitative estimate of drug-likeness (QED) is 0.358. The number of Topliss-reactive ketones (excluding diaryl/α,β-unsaturated/α-hetero) is 1. The molecular formula is C29H39FN2O2. The number of hydrogen-bond donors (Lipinski definition) is 2. The van der Waals surface area contributed by atoms with E-state index in [4.69, 9.17) is 5.41 Å². The molecule has 0 bridgehead atoms. The normalized spacial score (nSPS) is 15.8. The van der Waals surface area contributed by atoms with Crippen LogP contribution in [0.4, 0.5) is 4.39 Å². The zero-order valence-corrected chi connectivity index (χ0v) is 21.5. The molecule has 2 aromatic carbocycles. The molecule has 2 rings (SSSR count). The van der Waals surface area contributed by atoms with Gasteiger partial charge in [0, 0.05) is 23.6 Å². The Bertz CT molecular complexity index is 1020. The molecule has 0 saturated carbocycles. The molecule has 0 radical (unpaired) electrons. The standard InChI is InChI=1S/C29H39FN2O2/c1-18(2)29(7,20(4)21(5)31)17-27(33)19(3)13-23-14-25(16-26(30)15-23)28(34)32-22(6)24-11-9-8-10-12-24/h8-12,14-16,18-20,22,31H,13,17H2,1-7H3,(H,32,34)/t19?,20?,22?,29-/m0/s1. The van der Waals surface area contributed by atoms with Crippen molar-refractivity contribution in [3.63, 3.8) is 0 Å². The molecule has 0 aliphatic rings. The van der Waals surface area contributed by atoms with E-state index in [0.29, 0.717) is 24.1 Å². The van der Waals surface area contributed by atoms with Crippen molar-refractivity contribution >= 4 is 17.4 Å². The highest BCUT2D eigenvalue weighted by atomic mass is 19.1. The van der Waals surface area contributed by atoms with Gasteiger partial charge in [0.25, 0.3) is 5.91 Å². The zero-order valence-electron chi connectivity index (χ0n) is 21.5. The molecule has 0 aliphatic carbocycles. The summed E-state index contributed by atoms with van der Waals surface area (Å²) in [5, 5.41) is 11.0. The predicted octanol–water partition coefficient (Wildman–Crippen LogP) is 6.79. The van der Waals surface area contributed by atoms with Crippen molar-refractivity contribution in [2.45, 2.75) is 67.3 Å². The zero-order chi connectivity index (χ0) is 25.6. The van der Waals surface area contributed by atoms with Crippen LogP contribution in [0.1, 0.15) is 82.4 Å². The van der Waals surface area contributed by atoms with Crippen molar-refractivity contribution < 1.29 is 14.0 Å². The maximum Gasteiger partial charge on any atom is 0.251 e. The topological polar surface area (TPSA) is 70.0 Å². The van der Waals surface area contributed by atoms with Crippen LogP contribution in [-0.2, 0) is 11.2 Å². The average Bonchev–Trinajstić information content (AvgIpc) is 2.78. The van der Waals surface area contributed by atoms with Gasteiger partial charge in [-0.15, -0.1) is 0 Å². The van der Waals surface area contributed by atoms with Gasteiger partial charge in [-0.05, 0) is 66.8 Å². The summed E-state index contributed by atoms with van der Waals surface area (Å²) >= 11 is 0. The first-order valence-corrected chi connectivity index (χ1v) is 12.1. The maximum atomic E-state index is 14.4. The van der Waals surface area contributed by atoms with E-state index in [2.05, 4.69) is 26.1 Å². The van der Waals surface area contributed by atoms with Gasteiger partial charge >= 0.3 is 0 Å². The highest BCUT2D eigenvalue weighted by Gasteiger charge is 2.38. The highest BCUT2D eigenvalue weighted by molar-refractivity contribution is 5.94. The number of amides is 1. The summed E-state index contributed by atoms with van der Waals surface area (Å²) in [4.78, 5) is 25.9. The lowest BCUT2D eigenvalue weighted by Crippen LogP contribution is -2.38. The molecule has 34 heavy (non-hydrogen) atoms. The third-order valence-corrected chi connectivity index (χ3v) is 7.47. The Balaban J connectivity index is 2.14. The number of carbonyl (C=O) groups is 2. The molecule has 2 aromatic rings. The molecule has 5 heteroatoms. The van der Waals surface area contributed by atoms with Crippen LogP contribution in [0.15, 0.2) is 48.5 Å². The fourth-order valence-electron chi connectivity index (χ4n) is 4.37. The lowest BCUT2D eigenvalue weighted by Gasteiger charge is -2.39. The molecule has 1 amide bonds. The number of halogens is 1. The van der Waals surface area contributed by atoms with Crippen molar-refractivity contribution in [3.05, 3.63) is 71.0 Å². The summed E-state index contributed by atoms with van der Waals surface area (Å²) in [6.07, 6.45) is 0.720. The molecule has 2 N–H and O–H groups in total. The fourth-order valence-corrected chi connectivity index (χ4v) is 4.37. The van der Waals surface area contributed by atoms with E-state index in [1.54, 1.807) is 13.0 Å². The van der Waals surface area contributed by atoms with Gasteiger partial charge < -0.3 is 10.7 Å². The minimum Gasteiger partial charge on any atom is -0.346 e. The molecule has 4 atom stereocenters. The van der Waals surface area contributed by atoms with E-state index in [1.165, 1.54) is 12.1 Å². The van der Waals surface area contributed by atoms with Crippen LogP contribution in [0.3, 0.4) is 0 Å². The summed E-state index contributed by atoms with van der Waals surface area (Å²) in [6, 6.07) is 13.7. The molecule has 0 heterocycles. The summed E-state index contributed by atoms with van der Waals surface area (Å²) in [7, 11) is 0. The van der Waals surface area contributed by atoms with Gasteiger partial charge in [-0.25, -0.2) is 4.39 Å². The number of ketones is 1. The van der Waals surface area contributed by atoms with Crippen molar-refractivity contribution in [2.75, 3.05) is 0 Å². The van der Waals surface area contributed by atoms with Crippen LogP contribution in [0.25, 0.3) is 0 Å². The second-order valence-electron chi connectivity index (χ2n) is 10.3. The molecule has 0 spiro atoms. The lowest BCUT2D eigenvalue weighted by atomic mass is 9.64. The maximum absolute atomic E-state index is 14.4. The van der Waals surface area contributed by atoms with Crippen LogP contribution < -0.4 is 5.32 Å². The Morgan fingerprint density at radius 3 is 2.21 bits per heavy atom. The lowest BCUT2D eigenvalue weighted by molar-refractivity contribution is -0.125. The van der Waals surface area contributed by atoms with Crippen LogP contribution >= 0.6 is 0 Å². The predicted molar refractivity (Wildman–Crippen MR) is 137 cm³/mol. The van der Waals surface area contributed by atoms with Crippen molar-refractivity contribution in [2.24, 2.45) is 23.2 Å². The van der Waals surface area contributed by atoms with Crippen LogP contribution in [0.2, 0.25) is 0 Å². The Morgan fingerprint density at radius 1 is 1.03 bits per heavy atom. The van der Waals surface area contributed by atoms with Crippen LogP contribution in [0.5, 0.6) is 0 Å². The molecule has 0 saturated heterocycles. The third-order valence-electron chi connectivity index (χ3n) is 7.47. The molecular weight excluding hydrogens is 427 g/mol. The van der Waals surface area contributed by atoms with E-state index < -0.39 is 5.82 Å². The summed E-state index contributed by atoms with van der Waals surface area (Å²) in [5.74, 6) is -0.849. The van der Waals surface area contributed by atoms with E-state index in [9.17, 15) is 14.0 Å². The summed E-state index contributed by atoms with van der Waals surface area (Å²) in [5.41, 5.74) is 2.09. The van der Waals surface area contributed by atoms with Gasteiger partial charge in [-0.1, -0.05) is 65.0 Å². The highest BCUT2D eigenvalue weighted by Crippen LogP contribution is 2.40. The van der Waals surface area contributed by atoms with Gasteiger partial charge in [0.1, 0.15) is 11.6 Å². The van der Waals surface area contributed by atoms with Gasteiger partial charge in [0.2, 0.25) is 0 Å². The monoisotopic (exact) mass is 466 g/mol. The van der Waals surface area contributed by atoms with Crippen LogP contribution in [0, 0.1) is 34.4 Å². The Hall–Kier alpha value is -2.82. The van der Waals surface area contributed by atoms with Gasteiger partial charge in [-0.3, -0.25) is 9.59 Å². The number of hydrogen-bond acceptors (Lipinski definition) is 3. The molecule has 0 aromatic heterocycles. The number of rotatable bonds is 11. The molecule has 3 unspecified atom stereocenters. The minimum absolute atomic E-state index is 0.0141. The summed E-state index contributed by atoms with van der Waals surface area (Å²) < 4.78 is 14.4. The van der Waals surface area contributed by atoms with Gasteiger partial charge in [0.05, 0.1) is 6.04 Å². The van der Waals surface area contributed by atoms with Crippen LogP contribution in [-0.4, -0.2) is 17.4 Å². The first kappa shape index (κ1) is 27.4. The number of benzene rings is 2. The SMILES string of the molecule is CC(=N)C(C)[C@@](C)(CC(=O)C(C)Cc1cc(F)cc(C(=O)NC(C)c2ccccc2)c1)C(C)C. The first-order chi connectivity index (χ1) is 15.8. The third kappa shape index (κ3) is 6.85. The van der Waals surface area contributed by atoms with E-state index >= 15 is 0 Å². The Morgan fingerprint density at radius 2 is 1.65 bits per heavy atom. The van der Waals surface area contributed by atoms with E-state index in [1.807, 2.05) is 51.1 Å². The first-order valence-electron chi connectivity index (χ1n) is 12.1. The smallest absolute Gasteiger partial charge is 0.251 e. The Labute approximate surface area is 203 Å². The Kier molecular flexibility index (Phi) is 9.31. The second kappa shape index (κ2) is 11.5. The number of carbonyl (C=O) groups excluding carboxylic acids is 2. The average molecular weight is 467 g/mol. The minimum atomic E-state index is -0.491. The van der Waals surface area contributed by atoms with E-state index in [-0.39, 0.29) is 46.5 Å². The van der Waals surface area contributed by atoms with Crippen molar-refractivity contribution in [1.29, 1.82) is 5.41 Å². The number of nitrogens with one attached hydrogen (secondary N) is 2. The fraction of sp³-hybridized carbons (Fsp3) is 0.483. The second-order valence-corrected chi connectivity index (χ2v) is 10.3. The largest absolute Gasteiger partial charge is 0.346 e. The molecule has 4 nitrogen and oxygen atoms in total. The molecule has 0 fully saturated rings.